The van der Waals surface area contributed by atoms with Gasteiger partial charge in [-0.1, -0.05) is 109 Å². The molecule has 2 N–H and O–H groups in total. The number of rotatable bonds is 7. The average molecular weight is 632 g/mol. The molecule has 1 unspecified atom stereocenters. The Hall–Kier alpha value is -6.59. The predicted octanol–water partition coefficient (Wildman–Crippen LogP) is 11.6. The summed E-state index contributed by atoms with van der Waals surface area (Å²) in [5.41, 5.74) is 11.1. The average Bonchev–Trinajstić information content (AvgIpc) is 3.83. The van der Waals surface area contributed by atoms with E-state index in [-0.39, 0.29) is 6.17 Å². The van der Waals surface area contributed by atoms with Crippen molar-refractivity contribution in [1.82, 2.24) is 9.97 Å². The molecule has 9 rings (SSSR count). The second-order valence-corrected chi connectivity index (χ2v) is 12.3. The largest absolute Gasteiger partial charge is 0.359 e. The Kier molecular flexibility index (Phi) is 7.13. The summed E-state index contributed by atoms with van der Waals surface area (Å²) in [7, 11) is 0. The van der Waals surface area contributed by atoms with Crippen LogP contribution >= 0.6 is 0 Å². The topological polar surface area (TPSA) is 47.2 Å². The number of benzene rings is 7. The van der Waals surface area contributed by atoms with Crippen molar-refractivity contribution in [2.45, 2.75) is 6.17 Å². The first-order chi connectivity index (χ1) is 24.3. The normalized spacial score (nSPS) is 13.6. The molecule has 8 aromatic rings. The third kappa shape index (κ3) is 5.28. The number of anilines is 6. The van der Waals surface area contributed by atoms with E-state index in [1.165, 1.54) is 22.0 Å². The monoisotopic (exact) mass is 631 g/mol. The van der Waals surface area contributed by atoms with Gasteiger partial charge in [0.1, 0.15) is 12.0 Å². The predicted molar refractivity (Wildman–Crippen MR) is 203 cm³/mol. The maximum absolute atomic E-state index is 4.78. The van der Waals surface area contributed by atoms with Crippen LogP contribution in [0.15, 0.2) is 182 Å². The lowest BCUT2D eigenvalue weighted by Gasteiger charge is -2.27. The molecule has 1 aliphatic heterocycles. The van der Waals surface area contributed by atoms with Crippen molar-refractivity contribution in [1.29, 1.82) is 0 Å². The van der Waals surface area contributed by atoms with Gasteiger partial charge in [-0.25, -0.2) is 4.98 Å². The number of hydrogen-bond acceptors (Lipinski definition) is 4. The highest BCUT2D eigenvalue weighted by Crippen LogP contribution is 2.46. The molecule has 2 heterocycles. The maximum Gasteiger partial charge on any atom is 0.137 e. The van der Waals surface area contributed by atoms with E-state index in [0.717, 1.165) is 51.1 Å². The van der Waals surface area contributed by atoms with Crippen molar-refractivity contribution in [3.63, 3.8) is 0 Å². The van der Waals surface area contributed by atoms with Crippen LogP contribution in [0.4, 0.5) is 34.1 Å². The second-order valence-electron chi connectivity index (χ2n) is 12.3. The Labute approximate surface area is 285 Å². The molecule has 0 fully saturated rings. The van der Waals surface area contributed by atoms with Gasteiger partial charge in [0.15, 0.2) is 0 Å². The highest BCUT2D eigenvalue weighted by atomic mass is 15.3. The molecule has 5 heteroatoms. The van der Waals surface area contributed by atoms with Crippen molar-refractivity contribution in [3.05, 3.63) is 188 Å². The van der Waals surface area contributed by atoms with Crippen LogP contribution in [-0.4, -0.2) is 9.97 Å². The molecule has 0 spiro atoms. The molecule has 1 aliphatic rings. The van der Waals surface area contributed by atoms with Gasteiger partial charge in [0.2, 0.25) is 0 Å². The molecule has 49 heavy (non-hydrogen) atoms. The fraction of sp³-hybridized carbons (Fsp3) is 0.0227. The molecule has 7 aromatic carbocycles. The van der Waals surface area contributed by atoms with Gasteiger partial charge in [0.25, 0.3) is 0 Å². The van der Waals surface area contributed by atoms with Crippen LogP contribution < -0.4 is 15.1 Å². The summed E-state index contributed by atoms with van der Waals surface area (Å²) in [4.78, 5) is 13.0. The summed E-state index contributed by atoms with van der Waals surface area (Å²) >= 11 is 0. The lowest BCUT2D eigenvalue weighted by Crippen LogP contribution is -2.23. The van der Waals surface area contributed by atoms with Crippen molar-refractivity contribution in [2.24, 2.45) is 0 Å². The molecule has 1 atom stereocenters. The van der Waals surface area contributed by atoms with Gasteiger partial charge in [-0.2, -0.15) is 0 Å². The summed E-state index contributed by atoms with van der Waals surface area (Å²) in [5.74, 6) is 0.838. The standard InChI is InChI=1S/C44H33N5/c1-3-14-35(15-4-1)48(41-21-11-13-31-12-7-8-18-38(31)41)37-28-26-33(27-29-37)43-45-30-40(46-43)32-22-24-34(25-23-32)44-47-39-19-9-10-20-42(39)49(44)36-16-5-2-6-17-36/h1-30,44,47H,(H,45,46). The van der Waals surface area contributed by atoms with E-state index in [1.807, 2.05) is 6.20 Å². The second kappa shape index (κ2) is 12.2. The number of nitrogens with one attached hydrogen (secondary N) is 2. The lowest BCUT2D eigenvalue weighted by atomic mass is 10.1. The molecule has 234 valence electrons. The molecular weight excluding hydrogens is 599 g/mol. The zero-order valence-corrected chi connectivity index (χ0v) is 26.7. The van der Waals surface area contributed by atoms with Crippen molar-refractivity contribution >= 4 is 44.9 Å². The highest BCUT2D eigenvalue weighted by molar-refractivity contribution is 5.99. The Morgan fingerprint density at radius 1 is 0.551 bits per heavy atom. The van der Waals surface area contributed by atoms with E-state index in [0.29, 0.717) is 0 Å². The zero-order valence-electron chi connectivity index (χ0n) is 26.7. The van der Waals surface area contributed by atoms with Gasteiger partial charge in [-0.15, -0.1) is 0 Å². The smallest absolute Gasteiger partial charge is 0.137 e. The first-order valence-corrected chi connectivity index (χ1v) is 16.6. The van der Waals surface area contributed by atoms with Crippen LogP contribution in [0.2, 0.25) is 0 Å². The maximum atomic E-state index is 4.78. The first kappa shape index (κ1) is 28.6. The van der Waals surface area contributed by atoms with Crippen LogP contribution in [0.5, 0.6) is 0 Å². The van der Waals surface area contributed by atoms with Crippen LogP contribution in [-0.2, 0) is 0 Å². The fourth-order valence-electron chi connectivity index (χ4n) is 6.90. The van der Waals surface area contributed by atoms with E-state index in [4.69, 9.17) is 4.98 Å². The van der Waals surface area contributed by atoms with E-state index in [9.17, 15) is 0 Å². The molecule has 0 saturated heterocycles. The number of imidazole rings is 1. The lowest BCUT2D eigenvalue weighted by molar-refractivity contribution is 0.828. The third-order valence-corrected chi connectivity index (χ3v) is 9.28. The van der Waals surface area contributed by atoms with E-state index < -0.39 is 0 Å². The third-order valence-electron chi connectivity index (χ3n) is 9.28. The molecule has 0 aliphatic carbocycles. The minimum Gasteiger partial charge on any atom is -0.359 e. The number of para-hydroxylation sites is 4. The number of nitrogens with zero attached hydrogens (tertiary/aromatic N) is 3. The van der Waals surface area contributed by atoms with Crippen molar-refractivity contribution < 1.29 is 0 Å². The molecular formula is C44H33N5. The van der Waals surface area contributed by atoms with Crippen molar-refractivity contribution in [3.8, 4) is 22.6 Å². The Morgan fingerprint density at radius 2 is 1.20 bits per heavy atom. The molecule has 1 aromatic heterocycles. The molecule has 0 bridgehead atoms. The SMILES string of the molecule is c1ccc(N(c2ccc(-c3ncc(-c4ccc(C5Nc6ccccc6N5c5ccccc5)cc4)[nH]3)cc2)c2cccc3ccccc23)cc1. The number of fused-ring (bicyclic) bond motifs is 2. The highest BCUT2D eigenvalue weighted by Gasteiger charge is 2.30. The van der Waals surface area contributed by atoms with Crippen LogP contribution in [0.1, 0.15) is 11.7 Å². The zero-order chi connectivity index (χ0) is 32.6. The Bertz CT molecular complexity index is 2360. The Morgan fingerprint density at radius 3 is 2.02 bits per heavy atom. The van der Waals surface area contributed by atoms with Gasteiger partial charge in [0, 0.05) is 28.0 Å². The minimum absolute atomic E-state index is 0.00554. The molecule has 0 saturated carbocycles. The van der Waals surface area contributed by atoms with Gasteiger partial charge in [0.05, 0.1) is 29.0 Å². The van der Waals surface area contributed by atoms with Gasteiger partial charge >= 0.3 is 0 Å². The van der Waals surface area contributed by atoms with Gasteiger partial charge in [-0.3, -0.25) is 0 Å². The van der Waals surface area contributed by atoms with Gasteiger partial charge in [-0.05, 0) is 83.2 Å². The minimum atomic E-state index is -0.00554. The number of H-pyrrole nitrogens is 1. The molecule has 5 nitrogen and oxygen atoms in total. The summed E-state index contributed by atoms with van der Waals surface area (Å²) in [6.45, 7) is 0. The number of hydrogen-bond donors (Lipinski definition) is 2. The van der Waals surface area contributed by atoms with Crippen molar-refractivity contribution in [2.75, 3.05) is 15.1 Å². The molecule has 0 radical (unpaired) electrons. The fourth-order valence-corrected chi connectivity index (χ4v) is 6.90. The first-order valence-electron chi connectivity index (χ1n) is 16.6. The van der Waals surface area contributed by atoms with E-state index in [2.05, 4.69) is 196 Å². The number of aromatic nitrogens is 2. The van der Waals surface area contributed by atoms with Gasteiger partial charge < -0.3 is 20.1 Å². The quantitative estimate of drug-likeness (QED) is 0.184. The van der Waals surface area contributed by atoms with Crippen LogP contribution in [0.3, 0.4) is 0 Å². The number of aromatic amines is 1. The summed E-state index contributed by atoms with van der Waals surface area (Å²) in [6, 6.07) is 62.0. The molecule has 0 amide bonds. The Balaban J connectivity index is 0.990. The summed E-state index contributed by atoms with van der Waals surface area (Å²) < 4.78 is 0. The van der Waals surface area contributed by atoms with Crippen LogP contribution in [0.25, 0.3) is 33.4 Å². The van der Waals surface area contributed by atoms with E-state index in [1.54, 1.807) is 0 Å². The summed E-state index contributed by atoms with van der Waals surface area (Å²) in [5, 5.41) is 6.15. The van der Waals surface area contributed by atoms with Crippen LogP contribution in [0, 0.1) is 0 Å². The summed E-state index contributed by atoms with van der Waals surface area (Å²) in [6.07, 6.45) is 1.92. The van der Waals surface area contributed by atoms with E-state index >= 15 is 0 Å².